The molecule has 0 bridgehead atoms. The van der Waals surface area contributed by atoms with Crippen LogP contribution in [0.2, 0.25) is 0 Å². The van der Waals surface area contributed by atoms with Crippen molar-refractivity contribution >= 4 is 17.8 Å². The highest BCUT2D eigenvalue weighted by Gasteiger charge is 2.32. The Balaban J connectivity index is 1.42. The topological polar surface area (TPSA) is 96.1 Å². The van der Waals surface area contributed by atoms with Gasteiger partial charge in [-0.2, -0.15) is 0 Å². The summed E-state index contributed by atoms with van der Waals surface area (Å²) in [6.07, 6.45) is 1.48. The van der Waals surface area contributed by atoms with Gasteiger partial charge in [0.25, 0.3) is 11.8 Å². The van der Waals surface area contributed by atoms with Crippen LogP contribution in [0.25, 0.3) is 0 Å². The first-order valence-corrected chi connectivity index (χ1v) is 9.34. The van der Waals surface area contributed by atoms with Crippen LogP contribution in [0.1, 0.15) is 23.0 Å². The summed E-state index contributed by atoms with van der Waals surface area (Å²) in [5, 5.41) is 5.08. The minimum absolute atomic E-state index is 0.138. The van der Waals surface area contributed by atoms with Crippen LogP contribution in [0.5, 0.6) is 0 Å². The van der Waals surface area contributed by atoms with Gasteiger partial charge in [0.15, 0.2) is 11.8 Å². The smallest absolute Gasteiger partial charge is 0.321 e. The Hall–Kier alpha value is -3.13. The summed E-state index contributed by atoms with van der Waals surface area (Å²) in [7, 11) is 0. The van der Waals surface area contributed by atoms with Gasteiger partial charge in [-0.05, 0) is 24.6 Å². The molecule has 0 unspecified atom stereocenters. The van der Waals surface area contributed by atoms with Crippen molar-refractivity contribution in [2.24, 2.45) is 0 Å². The molecule has 3 N–H and O–H groups in total. The van der Waals surface area contributed by atoms with E-state index in [1.807, 2.05) is 30.3 Å². The van der Waals surface area contributed by atoms with E-state index in [0.29, 0.717) is 38.5 Å². The molecule has 1 aromatic heterocycles. The maximum atomic E-state index is 12.4. The molecule has 1 saturated heterocycles. The third-order valence-corrected chi connectivity index (χ3v) is 4.96. The lowest BCUT2D eigenvalue weighted by Gasteiger charge is -2.34. The van der Waals surface area contributed by atoms with Gasteiger partial charge in [0.2, 0.25) is 0 Å². The monoisotopic (exact) mass is 385 g/mol. The molecule has 28 heavy (non-hydrogen) atoms. The molecule has 8 nitrogen and oxygen atoms in total. The summed E-state index contributed by atoms with van der Waals surface area (Å²) in [6.45, 7) is 4.48. The average Bonchev–Trinajstić information content (AvgIpc) is 3.27. The van der Waals surface area contributed by atoms with Crippen molar-refractivity contribution < 1.29 is 23.7 Å². The molecule has 2 aromatic rings. The van der Waals surface area contributed by atoms with Crippen LogP contribution >= 0.6 is 0 Å². The summed E-state index contributed by atoms with van der Waals surface area (Å²) in [6, 6.07) is 11.9. The number of nitrogens with zero attached hydrogens (tertiary/aromatic N) is 1. The molecule has 3 rings (SSSR count). The zero-order chi connectivity index (χ0) is 19.9. The van der Waals surface area contributed by atoms with Gasteiger partial charge in [-0.25, -0.2) is 4.79 Å². The normalized spacial score (nSPS) is 15.7. The number of benzene rings is 1. The standard InChI is InChI=1S/C20H24N4O4/c1-15(18(25)22-20(27)21-14-16-6-3-2-4-7-16)23-9-11-24(12-10-23)19(26)17-8-5-13-28-17/h2-8,13,15H,9-12,14H2,1H3,(H2,21,22,25,27)/p+1/t15-/m1/s1. The number of urea groups is 1. The van der Waals surface area contributed by atoms with Gasteiger partial charge in [0.1, 0.15) is 0 Å². The molecule has 2 heterocycles. The number of nitrogens with one attached hydrogen (secondary N) is 3. The molecule has 1 atom stereocenters. The highest BCUT2D eigenvalue weighted by Crippen LogP contribution is 2.05. The van der Waals surface area contributed by atoms with Gasteiger partial charge >= 0.3 is 6.03 Å². The minimum atomic E-state index is -0.508. The van der Waals surface area contributed by atoms with E-state index in [0.717, 1.165) is 10.5 Å². The molecule has 1 aliphatic rings. The SMILES string of the molecule is C[C@H](C(=O)NC(=O)NCc1ccccc1)[NH+]1CCN(C(=O)c2ccco2)CC1. The lowest BCUT2D eigenvalue weighted by molar-refractivity contribution is -0.917. The highest BCUT2D eigenvalue weighted by atomic mass is 16.3. The van der Waals surface area contributed by atoms with E-state index in [1.165, 1.54) is 6.26 Å². The number of piperazine rings is 1. The van der Waals surface area contributed by atoms with Gasteiger partial charge in [0, 0.05) is 6.54 Å². The van der Waals surface area contributed by atoms with E-state index in [-0.39, 0.29) is 17.9 Å². The summed E-state index contributed by atoms with van der Waals surface area (Å²) in [4.78, 5) is 39.4. The van der Waals surface area contributed by atoms with E-state index in [4.69, 9.17) is 4.42 Å². The van der Waals surface area contributed by atoms with Crippen LogP contribution in [0.4, 0.5) is 4.79 Å². The zero-order valence-electron chi connectivity index (χ0n) is 15.8. The van der Waals surface area contributed by atoms with Crippen molar-refractivity contribution in [1.29, 1.82) is 0 Å². The van der Waals surface area contributed by atoms with Crippen LogP contribution in [0.3, 0.4) is 0 Å². The quantitative estimate of drug-likeness (QED) is 0.677. The Kier molecular flexibility index (Phi) is 6.44. The second kappa shape index (κ2) is 9.18. The molecule has 4 amide bonds. The summed E-state index contributed by atoms with van der Waals surface area (Å²) in [5.41, 5.74) is 0.959. The molecule has 0 radical (unpaired) electrons. The average molecular weight is 385 g/mol. The predicted molar refractivity (Wildman–Crippen MR) is 102 cm³/mol. The molecule has 1 aliphatic heterocycles. The van der Waals surface area contributed by atoms with Crippen LogP contribution in [0.15, 0.2) is 53.1 Å². The van der Waals surface area contributed by atoms with Gasteiger partial charge in [-0.1, -0.05) is 30.3 Å². The number of hydrogen-bond acceptors (Lipinski definition) is 4. The fourth-order valence-corrected chi connectivity index (χ4v) is 3.21. The number of furan rings is 1. The van der Waals surface area contributed by atoms with Gasteiger partial charge < -0.3 is 19.5 Å². The van der Waals surface area contributed by atoms with E-state index in [1.54, 1.807) is 24.0 Å². The number of hydrogen-bond donors (Lipinski definition) is 3. The summed E-state index contributed by atoms with van der Waals surface area (Å²) >= 11 is 0. The lowest BCUT2D eigenvalue weighted by Crippen LogP contribution is -3.19. The third-order valence-electron chi connectivity index (χ3n) is 4.96. The maximum absolute atomic E-state index is 12.4. The van der Waals surface area contributed by atoms with Crippen LogP contribution in [0, 0.1) is 0 Å². The molecule has 0 aliphatic carbocycles. The van der Waals surface area contributed by atoms with E-state index >= 15 is 0 Å². The molecular weight excluding hydrogens is 360 g/mol. The van der Waals surface area contributed by atoms with Crippen molar-refractivity contribution in [2.75, 3.05) is 26.2 Å². The van der Waals surface area contributed by atoms with Crippen LogP contribution < -0.4 is 15.5 Å². The molecule has 8 heteroatoms. The Morgan fingerprint density at radius 2 is 1.82 bits per heavy atom. The lowest BCUT2D eigenvalue weighted by atomic mass is 10.2. The van der Waals surface area contributed by atoms with Gasteiger partial charge in [0.05, 0.1) is 32.4 Å². The van der Waals surface area contributed by atoms with E-state index in [2.05, 4.69) is 10.6 Å². The fourth-order valence-electron chi connectivity index (χ4n) is 3.21. The number of imide groups is 1. The zero-order valence-corrected chi connectivity index (χ0v) is 15.8. The predicted octanol–water partition coefficient (Wildman–Crippen LogP) is 0.0348. The highest BCUT2D eigenvalue weighted by molar-refractivity contribution is 5.96. The van der Waals surface area contributed by atoms with Crippen molar-refractivity contribution in [2.45, 2.75) is 19.5 Å². The number of quaternary nitrogens is 1. The first kappa shape index (κ1) is 19.6. The van der Waals surface area contributed by atoms with Crippen molar-refractivity contribution in [3.63, 3.8) is 0 Å². The number of carbonyl (C=O) groups excluding carboxylic acids is 3. The third kappa shape index (κ3) is 4.98. The first-order chi connectivity index (χ1) is 13.5. The number of rotatable bonds is 5. The van der Waals surface area contributed by atoms with Gasteiger partial charge in [-0.3, -0.25) is 14.9 Å². The largest absolute Gasteiger partial charge is 0.459 e. The fraction of sp³-hybridized carbons (Fsp3) is 0.350. The van der Waals surface area contributed by atoms with Crippen LogP contribution in [-0.4, -0.2) is 55.0 Å². The summed E-state index contributed by atoms with van der Waals surface area (Å²) < 4.78 is 5.15. The number of carbonyl (C=O) groups is 3. The van der Waals surface area contributed by atoms with E-state index < -0.39 is 6.03 Å². The minimum Gasteiger partial charge on any atom is -0.459 e. The van der Waals surface area contributed by atoms with Gasteiger partial charge in [-0.15, -0.1) is 0 Å². The second-order valence-corrected chi connectivity index (χ2v) is 6.81. The van der Waals surface area contributed by atoms with Crippen LogP contribution in [-0.2, 0) is 11.3 Å². The molecule has 0 spiro atoms. The molecule has 0 saturated carbocycles. The Bertz CT molecular complexity index is 799. The number of amides is 4. The first-order valence-electron chi connectivity index (χ1n) is 9.34. The molecule has 1 aromatic carbocycles. The Labute approximate surface area is 163 Å². The Morgan fingerprint density at radius 1 is 1.11 bits per heavy atom. The molecule has 1 fully saturated rings. The van der Waals surface area contributed by atoms with E-state index in [9.17, 15) is 14.4 Å². The molecular formula is C20H25N4O4+. The second-order valence-electron chi connectivity index (χ2n) is 6.81. The Morgan fingerprint density at radius 3 is 2.46 bits per heavy atom. The molecule has 148 valence electrons. The maximum Gasteiger partial charge on any atom is 0.321 e. The van der Waals surface area contributed by atoms with Crippen molar-refractivity contribution in [1.82, 2.24) is 15.5 Å². The van der Waals surface area contributed by atoms with Crippen molar-refractivity contribution in [3.8, 4) is 0 Å². The summed E-state index contributed by atoms with van der Waals surface area (Å²) in [5.74, 6) is -0.142. The van der Waals surface area contributed by atoms with Crippen molar-refractivity contribution in [3.05, 3.63) is 60.1 Å².